The average molecular weight is 179 g/mol. The fourth-order valence-electron chi connectivity index (χ4n) is 1.65. The molecule has 0 bridgehead atoms. The van der Waals surface area contributed by atoms with Crippen molar-refractivity contribution < 1.29 is 0 Å². The van der Waals surface area contributed by atoms with E-state index in [-0.39, 0.29) is 5.56 Å². The third-order valence-electron chi connectivity index (χ3n) is 2.34. The van der Waals surface area contributed by atoms with Gasteiger partial charge in [0.15, 0.2) is 0 Å². The highest BCUT2D eigenvalue weighted by Crippen LogP contribution is 2.14. The molecule has 0 spiro atoms. The summed E-state index contributed by atoms with van der Waals surface area (Å²) in [5.41, 5.74) is -0.0735. The van der Waals surface area contributed by atoms with E-state index >= 15 is 0 Å². The summed E-state index contributed by atoms with van der Waals surface area (Å²) in [6.45, 7) is 2.05. The first-order chi connectivity index (χ1) is 6.36. The van der Waals surface area contributed by atoms with Crippen LogP contribution in [0.2, 0.25) is 0 Å². The Labute approximate surface area is 76.6 Å². The predicted molar refractivity (Wildman–Crippen MR) is 50.9 cm³/mol. The molecule has 1 aromatic heterocycles. The molecule has 13 heavy (non-hydrogen) atoms. The van der Waals surface area contributed by atoms with Crippen LogP contribution in [-0.2, 0) is 0 Å². The summed E-state index contributed by atoms with van der Waals surface area (Å²) in [5, 5.41) is 0. The lowest BCUT2D eigenvalue weighted by atomic mass is 10.1. The molecule has 2 rings (SSSR count). The van der Waals surface area contributed by atoms with Crippen molar-refractivity contribution in [1.29, 1.82) is 0 Å². The molecular formula is C9H13N3O. The van der Waals surface area contributed by atoms with Crippen LogP contribution in [0.25, 0.3) is 0 Å². The summed E-state index contributed by atoms with van der Waals surface area (Å²) in [4.78, 5) is 19.8. The van der Waals surface area contributed by atoms with E-state index in [0.29, 0.717) is 0 Å². The summed E-state index contributed by atoms with van der Waals surface area (Å²) in [5.74, 6) is 0.809. The van der Waals surface area contributed by atoms with Gasteiger partial charge in [-0.2, -0.15) is 0 Å². The van der Waals surface area contributed by atoms with E-state index in [2.05, 4.69) is 14.9 Å². The second-order valence-electron chi connectivity index (χ2n) is 3.32. The van der Waals surface area contributed by atoms with E-state index in [1.807, 2.05) is 0 Å². The Morgan fingerprint density at radius 1 is 1.31 bits per heavy atom. The number of nitrogens with zero attached hydrogens (tertiary/aromatic N) is 2. The van der Waals surface area contributed by atoms with Gasteiger partial charge in [0.1, 0.15) is 5.82 Å². The third kappa shape index (κ3) is 1.88. The number of H-pyrrole nitrogens is 1. The molecule has 2 heterocycles. The fraction of sp³-hybridized carbons (Fsp3) is 0.556. The molecule has 0 amide bonds. The van der Waals surface area contributed by atoms with Gasteiger partial charge in [0.2, 0.25) is 0 Å². The van der Waals surface area contributed by atoms with Crippen LogP contribution >= 0.6 is 0 Å². The Bertz CT molecular complexity index is 328. The molecule has 70 valence electrons. The first-order valence-corrected chi connectivity index (χ1v) is 4.66. The maximum absolute atomic E-state index is 11.0. The summed E-state index contributed by atoms with van der Waals surface area (Å²) in [7, 11) is 0. The highest BCUT2D eigenvalue weighted by molar-refractivity contribution is 5.36. The lowest BCUT2D eigenvalue weighted by molar-refractivity contribution is 0.573. The maximum Gasteiger partial charge on any atom is 0.252 e. The number of hydrogen-bond donors (Lipinski definition) is 1. The predicted octanol–water partition coefficient (Wildman–Crippen LogP) is 0.760. The van der Waals surface area contributed by atoms with E-state index in [9.17, 15) is 4.79 Å². The molecule has 1 saturated heterocycles. The normalized spacial score (nSPS) is 17.4. The van der Waals surface area contributed by atoms with Crippen molar-refractivity contribution in [3.8, 4) is 0 Å². The van der Waals surface area contributed by atoms with Gasteiger partial charge in [-0.25, -0.2) is 4.98 Å². The van der Waals surface area contributed by atoms with E-state index in [1.54, 1.807) is 6.07 Å². The van der Waals surface area contributed by atoms with Crippen molar-refractivity contribution in [3.05, 3.63) is 22.7 Å². The van der Waals surface area contributed by atoms with Crippen molar-refractivity contribution >= 4 is 5.82 Å². The van der Waals surface area contributed by atoms with E-state index in [1.165, 1.54) is 25.6 Å². The topological polar surface area (TPSA) is 49.0 Å². The fourth-order valence-corrected chi connectivity index (χ4v) is 1.65. The molecule has 1 N–H and O–H groups in total. The summed E-state index contributed by atoms with van der Waals surface area (Å²) in [6.07, 6.45) is 5.16. The van der Waals surface area contributed by atoms with Gasteiger partial charge in [0.25, 0.3) is 5.56 Å². The van der Waals surface area contributed by atoms with E-state index in [4.69, 9.17) is 0 Å². The minimum absolute atomic E-state index is 0.0735. The SMILES string of the molecule is O=c1cc(N2CCCCC2)nc[nH]1. The maximum atomic E-state index is 11.0. The molecule has 0 saturated carbocycles. The number of anilines is 1. The molecular weight excluding hydrogens is 166 g/mol. The Kier molecular flexibility index (Phi) is 2.29. The number of nitrogens with one attached hydrogen (secondary N) is 1. The zero-order valence-corrected chi connectivity index (χ0v) is 7.49. The number of piperidine rings is 1. The molecule has 1 aromatic rings. The van der Waals surface area contributed by atoms with Gasteiger partial charge in [-0.3, -0.25) is 4.79 Å². The monoisotopic (exact) mass is 179 g/mol. The molecule has 1 aliphatic heterocycles. The van der Waals surface area contributed by atoms with Gasteiger partial charge in [-0.15, -0.1) is 0 Å². The van der Waals surface area contributed by atoms with Crippen molar-refractivity contribution in [1.82, 2.24) is 9.97 Å². The van der Waals surface area contributed by atoms with Crippen LogP contribution in [0.1, 0.15) is 19.3 Å². The molecule has 4 heteroatoms. The van der Waals surface area contributed by atoms with Crippen molar-refractivity contribution in [2.45, 2.75) is 19.3 Å². The number of rotatable bonds is 1. The Morgan fingerprint density at radius 2 is 2.08 bits per heavy atom. The lowest BCUT2D eigenvalue weighted by Gasteiger charge is -2.27. The zero-order valence-electron chi connectivity index (χ0n) is 7.49. The highest BCUT2D eigenvalue weighted by Gasteiger charge is 2.11. The standard InChI is InChI=1S/C9H13N3O/c13-9-6-8(10-7-11-9)12-4-2-1-3-5-12/h6-7H,1-5H2,(H,10,11,13). The zero-order chi connectivity index (χ0) is 9.10. The van der Waals surface area contributed by atoms with Crippen molar-refractivity contribution in [2.24, 2.45) is 0 Å². The van der Waals surface area contributed by atoms with E-state index in [0.717, 1.165) is 18.9 Å². The van der Waals surface area contributed by atoms with Crippen LogP contribution in [0.5, 0.6) is 0 Å². The van der Waals surface area contributed by atoms with Crippen molar-refractivity contribution in [3.63, 3.8) is 0 Å². The van der Waals surface area contributed by atoms with Gasteiger partial charge in [0, 0.05) is 19.2 Å². The van der Waals surface area contributed by atoms with Gasteiger partial charge in [-0.05, 0) is 19.3 Å². The first kappa shape index (κ1) is 8.29. The Balaban J connectivity index is 2.19. The molecule has 0 unspecified atom stereocenters. The van der Waals surface area contributed by atoms with Crippen LogP contribution in [0.4, 0.5) is 5.82 Å². The molecule has 0 radical (unpaired) electrons. The van der Waals surface area contributed by atoms with Crippen LogP contribution < -0.4 is 10.5 Å². The molecule has 0 aromatic carbocycles. The van der Waals surface area contributed by atoms with Crippen molar-refractivity contribution in [2.75, 3.05) is 18.0 Å². The number of aromatic amines is 1. The largest absolute Gasteiger partial charge is 0.356 e. The molecule has 0 aliphatic carbocycles. The van der Waals surface area contributed by atoms with Gasteiger partial charge >= 0.3 is 0 Å². The Morgan fingerprint density at radius 3 is 2.77 bits per heavy atom. The van der Waals surface area contributed by atoms with Crippen LogP contribution in [0.3, 0.4) is 0 Å². The van der Waals surface area contributed by atoms with Gasteiger partial charge in [-0.1, -0.05) is 0 Å². The molecule has 0 atom stereocenters. The molecule has 1 aliphatic rings. The minimum Gasteiger partial charge on any atom is -0.356 e. The Hall–Kier alpha value is -1.32. The molecule has 1 fully saturated rings. The molecule has 4 nitrogen and oxygen atoms in total. The number of hydrogen-bond acceptors (Lipinski definition) is 3. The number of aromatic nitrogens is 2. The quantitative estimate of drug-likeness (QED) is 0.692. The minimum atomic E-state index is -0.0735. The summed E-state index contributed by atoms with van der Waals surface area (Å²) >= 11 is 0. The van der Waals surface area contributed by atoms with Crippen LogP contribution in [0.15, 0.2) is 17.2 Å². The second kappa shape index (κ2) is 3.60. The van der Waals surface area contributed by atoms with Crippen LogP contribution in [-0.4, -0.2) is 23.1 Å². The summed E-state index contributed by atoms with van der Waals surface area (Å²) < 4.78 is 0. The van der Waals surface area contributed by atoms with Gasteiger partial charge in [0.05, 0.1) is 6.33 Å². The second-order valence-corrected chi connectivity index (χ2v) is 3.32. The summed E-state index contributed by atoms with van der Waals surface area (Å²) in [6, 6.07) is 1.56. The van der Waals surface area contributed by atoms with Crippen LogP contribution in [0, 0.1) is 0 Å². The highest BCUT2D eigenvalue weighted by atomic mass is 16.1. The third-order valence-corrected chi connectivity index (χ3v) is 2.34. The first-order valence-electron chi connectivity index (χ1n) is 4.66. The average Bonchev–Trinajstić information content (AvgIpc) is 2.19. The lowest BCUT2D eigenvalue weighted by Crippen LogP contribution is -2.31. The van der Waals surface area contributed by atoms with Gasteiger partial charge < -0.3 is 9.88 Å². The smallest absolute Gasteiger partial charge is 0.252 e. The van der Waals surface area contributed by atoms with E-state index < -0.39 is 0 Å².